The first-order valence-electron chi connectivity index (χ1n) is 8.70. The van der Waals surface area contributed by atoms with Crippen molar-refractivity contribution in [3.05, 3.63) is 66.2 Å². The quantitative estimate of drug-likeness (QED) is 0.608. The second kappa shape index (κ2) is 7.78. The highest BCUT2D eigenvalue weighted by Crippen LogP contribution is 2.27. The van der Waals surface area contributed by atoms with E-state index in [1.165, 1.54) is 0 Å². The number of para-hydroxylation sites is 1. The molecular weight excluding hydrogens is 353 g/mol. The summed E-state index contributed by atoms with van der Waals surface area (Å²) in [6.45, 7) is 0.517. The molecule has 0 radical (unpaired) electrons. The molecule has 6 heteroatoms. The fourth-order valence-electron chi connectivity index (χ4n) is 3.02. The molecule has 0 aliphatic carbocycles. The Labute approximate surface area is 155 Å². The summed E-state index contributed by atoms with van der Waals surface area (Å²) in [5.74, 6) is -0.634. The van der Waals surface area contributed by atoms with Gasteiger partial charge < -0.3 is 4.90 Å². The number of fused-ring (bicyclic) bond motifs is 1. The van der Waals surface area contributed by atoms with Crippen LogP contribution in [-0.4, -0.2) is 35.1 Å². The van der Waals surface area contributed by atoms with Crippen molar-refractivity contribution in [3.63, 3.8) is 0 Å². The van der Waals surface area contributed by atoms with Gasteiger partial charge in [-0.3, -0.25) is 4.79 Å². The second-order valence-electron chi connectivity index (χ2n) is 6.28. The number of carbonyl (C=O) groups is 1. The van der Waals surface area contributed by atoms with Crippen molar-refractivity contribution in [1.82, 2.24) is 9.88 Å². The summed E-state index contributed by atoms with van der Waals surface area (Å²) < 4.78 is 38.9. The van der Waals surface area contributed by atoms with E-state index in [-0.39, 0.29) is 12.1 Å². The molecule has 0 aliphatic rings. The Kier molecular flexibility index (Phi) is 5.44. The second-order valence-corrected chi connectivity index (χ2v) is 6.28. The number of amides is 1. The molecule has 0 unspecified atom stereocenters. The van der Waals surface area contributed by atoms with E-state index in [0.29, 0.717) is 23.0 Å². The Morgan fingerprint density at radius 2 is 1.70 bits per heavy atom. The van der Waals surface area contributed by atoms with Gasteiger partial charge in [0.1, 0.15) is 6.54 Å². The molecule has 0 saturated heterocycles. The highest BCUT2D eigenvalue weighted by molar-refractivity contribution is 6.07. The summed E-state index contributed by atoms with van der Waals surface area (Å²) in [7, 11) is 0. The highest BCUT2D eigenvalue weighted by Gasteiger charge is 2.33. The van der Waals surface area contributed by atoms with Crippen LogP contribution in [-0.2, 0) is 0 Å². The van der Waals surface area contributed by atoms with E-state index in [1.807, 2.05) is 30.3 Å². The summed E-state index contributed by atoms with van der Waals surface area (Å²) in [4.78, 5) is 18.4. The molecule has 0 fully saturated rings. The number of hydrogen-bond donors (Lipinski definition) is 0. The molecule has 3 aromatic rings. The van der Waals surface area contributed by atoms with Crippen molar-refractivity contribution in [1.29, 1.82) is 0 Å². The minimum Gasteiger partial charge on any atom is -0.330 e. The van der Waals surface area contributed by atoms with Gasteiger partial charge in [0.25, 0.3) is 5.91 Å². The van der Waals surface area contributed by atoms with Crippen LogP contribution in [0.4, 0.5) is 13.2 Å². The molecule has 0 atom stereocenters. The lowest BCUT2D eigenvalue weighted by molar-refractivity contribution is -0.140. The summed E-state index contributed by atoms with van der Waals surface area (Å²) >= 11 is 0. The number of halogens is 3. The van der Waals surface area contributed by atoms with Crippen LogP contribution in [0, 0.1) is 0 Å². The molecule has 0 bridgehead atoms. The minimum atomic E-state index is -4.45. The largest absolute Gasteiger partial charge is 0.406 e. The molecule has 3 rings (SSSR count). The fourth-order valence-corrected chi connectivity index (χ4v) is 3.02. The molecule has 0 spiro atoms. The number of carbonyl (C=O) groups excluding carboxylic acids is 1. The predicted octanol–water partition coefficient (Wildman–Crippen LogP) is 5.32. The normalized spacial score (nSPS) is 11.6. The van der Waals surface area contributed by atoms with Gasteiger partial charge in [-0.05, 0) is 18.6 Å². The van der Waals surface area contributed by atoms with Gasteiger partial charge in [0.05, 0.1) is 16.8 Å². The molecule has 0 N–H and O–H groups in total. The van der Waals surface area contributed by atoms with Crippen LogP contribution in [0.3, 0.4) is 0 Å². The number of hydrogen-bond acceptors (Lipinski definition) is 2. The lowest BCUT2D eigenvalue weighted by Crippen LogP contribution is -2.39. The molecular formula is C21H19F3N2O. The third-order valence-electron chi connectivity index (χ3n) is 4.17. The summed E-state index contributed by atoms with van der Waals surface area (Å²) in [6.07, 6.45) is -4.01. The number of pyridine rings is 1. The summed E-state index contributed by atoms with van der Waals surface area (Å²) in [5.41, 5.74) is 2.17. The molecule has 0 saturated carbocycles. The van der Waals surface area contributed by atoms with E-state index in [1.54, 1.807) is 37.3 Å². The van der Waals surface area contributed by atoms with Crippen LogP contribution in [0.1, 0.15) is 23.7 Å². The maximum atomic E-state index is 13.0. The maximum Gasteiger partial charge on any atom is 0.406 e. The Balaban J connectivity index is 2.12. The van der Waals surface area contributed by atoms with Gasteiger partial charge in [-0.2, -0.15) is 13.2 Å². The smallest absolute Gasteiger partial charge is 0.330 e. The van der Waals surface area contributed by atoms with Crippen molar-refractivity contribution in [3.8, 4) is 11.3 Å². The van der Waals surface area contributed by atoms with Crippen LogP contribution in [0.2, 0.25) is 0 Å². The van der Waals surface area contributed by atoms with E-state index in [2.05, 4.69) is 4.98 Å². The zero-order valence-electron chi connectivity index (χ0n) is 14.8. The number of aromatic nitrogens is 1. The molecule has 1 amide bonds. The van der Waals surface area contributed by atoms with Gasteiger partial charge in [-0.1, -0.05) is 55.5 Å². The Morgan fingerprint density at radius 1 is 1.04 bits per heavy atom. The first-order chi connectivity index (χ1) is 12.9. The average Bonchev–Trinajstić information content (AvgIpc) is 2.66. The molecule has 1 aromatic heterocycles. The molecule has 27 heavy (non-hydrogen) atoms. The number of rotatable bonds is 5. The van der Waals surface area contributed by atoms with Gasteiger partial charge in [0, 0.05) is 17.5 Å². The molecule has 3 nitrogen and oxygen atoms in total. The van der Waals surface area contributed by atoms with Crippen LogP contribution < -0.4 is 0 Å². The zero-order valence-corrected chi connectivity index (χ0v) is 14.8. The standard InChI is InChI=1S/C21H19F3N2O/c1-2-12-26(14-21(22,23)24)20(27)17-13-19(15-8-4-3-5-9-15)25-18-11-7-6-10-16(17)18/h3-11,13H,2,12,14H2,1H3. The van der Waals surface area contributed by atoms with Crippen molar-refractivity contribution < 1.29 is 18.0 Å². The van der Waals surface area contributed by atoms with Gasteiger partial charge in [0.15, 0.2) is 0 Å². The van der Waals surface area contributed by atoms with Gasteiger partial charge >= 0.3 is 6.18 Å². The van der Waals surface area contributed by atoms with Gasteiger partial charge in [-0.15, -0.1) is 0 Å². The van der Waals surface area contributed by atoms with E-state index in [4.69, 9.17) is 0 Å². The number of benzene rings is 2. The van der Waals surface area contributed by atoms with E-state index in [0.717, 1.165) is 10.5 Å². The maximum absolute atomic E-state index is 13.0. The van der Waals surface area contributed by atoms with E-state index >= 15 is 0 Å². The third-order valence-corrected chi connectivity index (χ3v) is 4.17. The first-order valence-corrected chi connectivity index (χ1v) is 8.70. The monoisotopic (exact) mass is 372 g/mol. The van der Waals surface area contributed by atoms with Gasteiger partial charge in [0.2, 0.25) is 0 Å². The topological polar surface area (TPSA) is 33.2 Å². The lowest BCUT2D eigenvalue weighted by atomic mass is 10.0. The zero-order chi connectivity index (χ0) is 19.4. The van der Waals surface area contributed by atoms with Crippen molar-refractivity contribution in [2.24, 2.45) is 0 Å². The fraction of sp³-hybridized carbons (Fsp3) is 0.238. The first kappa shape index (κ1) is 18.9. The molecule has 1 heterocycles. The van der Waals surface area contributed by atoms with Crippen LogP contribution in [0.25, 0.3) is 22.2 Å². The Hall–Kier alpha value is -2.89. The Morgan fingerprint density at radius 3 is 2.37 bits per heavy atom. The minimum absolute atomic E-state index is 0.0374. The van der Waals surface area contributed by atoms with Crippen LogP contribution in [0.15, 0.2) is 60.7 Å². The van der Waals surface area contributed by atoms with Crippen molar-refractivity contribution in [2.45, 2.75) is 19.5 Å². The molecule has 2 aromatic carbocycles. The number of nitrogens with zero attached hydrogens (tertiary/aromatic N) is 2. The SMILES string of the molecule is CCCN(CC(F)(F)F)C(=O)c1cc(-c2ccccc2)nc2ccccc12. The van der Waals surface area contributed by atoms with E-state index in [9.17, 15) is 18.0 Å². The number of alkyl halides is 3. The highest BCUT2D eigenvalue weighted by atomic mass is 19.4. The summed E-state index contributed by atoms with van der Waals surface area (Å²) in [6, 6.07) is 17.8. The van der Waals surface area contributed by atoms with Crippen molar-refractivity contribution >= 4 is 16.8 Å². The van der Waals surface area contributed by atoms with Crippen LogP contribution >= 0.6 is 0 Å². The van der Waals surface area contributed by atoms with Gasteiger partial charge in [-0.25, -0.2) is 4.98 Å². The van der Waals surface area contributed by atoms with Crippen molar-refractivity contribution in [2.75, 3.05) is 13.1 Å². The van der Waals surface area contributed by atoms with Crippen LogP contribution in [0.5, 0.6) is 0 Å². The molecule has 0 aliphatic heterocycles. The lowest BCUT2D eigenvalue weighted by Gasteiger charge is -2.24. The summed E-state index contributed by atoms with van der Waals surface area (Å²) in [5, 5.41) is 0.547. The molecule has 140 valence electrons. The van der Waals surface area contributed by atoms with E-state index < -0.39 is 18.6 Å². The Bertz CT molecular complexity index is 939. The predicted molar refractivity (Wildman–Crippen MR) is 99.4 cm³/mol. The average molecular weight is 372 g/mol. The third kappa shape index (κ3) is 4.45.